The molecule has 0 saturated carbocycles. The number of hydrogen-bond acceptors (Lipinski definition) is 5. The highest BCUT2D eigenvalue weighted by Crippen LogP contribution is 2.29. The zero-order valence-electron chi connectivity index (χ0n) is 16.1. The van der Waals surface area contributed by atoms with Crippen molar-refractivity contribution in [3.8, 4) is 5.69 Å². The molecule has 0 aliphatic rings. The van der Waals surface area contributed by atoms with Gasteiger partial charge < -0.3 is 14.8 Å². The van der Waals surface area contributed by atoms with Gasteiger partial charge in [0, 0.05) is 23.5 Å². The van der Waals surface area contributed by atoms with E-state index in [9.17, 15) is 19.8 Å². The van der Waals surface area contributed by atoms with Crippen LogP contribution >= 0.6 is 11.8 Å². The van der Waals surface area contributed by atoms with Crippen LogP contribution in [0, 0.1) is 13.8 Å². The number of aromatic carboxylic acids is 1. The smallest absolute Gasteiger partial charge is 0.342 e. The number of aryl methyl sites for hydroxylation is 2. The van der Waals surface area contributed by atoms with E-state index in [2.05, 4.69) is 15.2 Å². The molecule has 2 heterocycles. The molecule has 0 radical (unpaired) electrons. The normalized spacial score (nSPS) is 11.6. The van der Waals surface area contributed by atoms with Crippen LogP contribution in [-0.4, -0.2) is 41.9 Å². The molecule has 0 aliphatic carbocycles. The minimum absolute atomic E-state index is 0.0891. The number of carboxylic acid groups (broad SMARTS) is 2. The number of benzene rings is 1. The predicted molar refractivity (Wildman–Crippen MR) is 109 cm³/mol. The summed E-state index contributed by atoms with van der Waals surface area (Å²) in [6.45, 7) is 5.67. The molecular formula is C20H20N4O4S. The highest BCUT2D eigenvalue weighted by atomic mass is 32.2. The zero-order chi connectivity index (χ0) is 21.1. The molecule has 0 aliphatic heterocycles. The van der Waals surface area contributed by atoms with E-state index >= 15 is 0 Å². The van der Waals surface area contributed by atoms with Gasteiger partial charge in [-0.3, -0.25) is 5.10 Å². The summed E-state index contributed by atoms with van der Waals surface area (Å²) in [5.74, 6) is -1.39. The van der Waals surface area contributed by atoms with Crippen molar-refractivity contribution >= 4 is 29.8 Å². The molecule has 0 spiro atoms. The standard InChI is InChI=1S/C20H20N4O4S/c1-4-17-21-20(23-22-17)29-16(19(27)28)10-14-8-11(2)24(12(14)3)15-7-5-6-13(9-15)18(25)26/h5-10H,4H2,1-3H3,(H,25,26)(H,27,28)(H,21,22,23)/b16-10-. The van der Waals surface area contributed by atoms with Crippen LogP contribution in [0.5, 0.6) is 0 Å². The van der Waals surface area contributed by atoms with Crippen LogP contribution in [0.1, 0.15) is 40.1 Å². The first-order valence-corrected chi connectivity index (χ1v) is 9.68. The lowest BCUT2D eigenvalue weighted by molar-refractivity contribution is -0.131. The van der Waals surface area contributed by atoms with Crippen LogP contribution in [0.2, 0.25) is 0 Å². The monoisotopic (exact) mass is 412 g/mol. The first kappa shape index (κ1) is 20.4. The third-order valence-corrected chi connectivity index (χ3v) is 5.24. The third-order valence-electron chi connectivity index (χ3n) is 4.37. The van der Waals surface area contributed by atoms with E-state index in [0.29, 0.717) is 23.1 Å². The van der Waals surface area contributed by atoms with Gasteiger partial charge >= 0.3 is 11.9 Å². The zero-order valence-corrected chi connectivity index (χ0v) is 16.9. The maximum Gasteiger partial charge on any atom is 0.342 e. The summed E-state index contributed by atoms with van der Waals surface area (Å²) in [6, 6.07) is 8.47. The average Bonchev–Trinajstić information content (AvgIpc) is 3.25. The number of aromatic amines is 1. The quantitative estimate of drug-likeness (QED) is 0.400. The summed E-state index contributed by atoms with van der Waals surface area (Å²) < 4.78 is 1.89. The topological polar surface area (TPSA) is 121 Å². The van der Waals surface area contributed by atoms with Crippen molar-refractivity contribution in [2.24, 2.45) is 0 Å². The fourth-order valence-electron chi connectivity index (χ4n) is 2.97. The largest absolute Gasteiger partial charge is 0.478 e. The van der Waals surface area contributed by atoms with Crippen LogP contribution in [-0.2, 0) is 11.2 Å². The van der Waals surface area contributed by atoms with Gasteiger partial charge in [-0.15, -0.1) is 5.10 Å². The van der Waals surface area contributed by atoms with Crippen LogP contribution in [0.4, 0.5) is 0 Å². The third kappa shape index (κ3) is 4.40. The molecule has 2 aromatic heterocycles. The van der Waals surface area contributed by atoms with E-state index in [-0.39, 0.29) is 10.5 Å². The molecule has 0 atom stereocenters. The van der Waals surface area contributed by atoms with Crippen LogP contribution < -0.4 is 0 Å². The van der Waals surface area contributed by atoms with E-state index in [0.717, 1.165) is 28.7 Å². The lowest BCUT2D eigenvalue weighted by atomic mass is 10.2. The van der Waals surface area contributed by atoms with Crippen molar-refractivity contribution in [1.82, 2.24) is 19.7 Å². The second kappa shape index (κ2) is 8.36. The Bertz CT molecular complexity index is 1110. The molecule has 3 aromatic rings. The number of aromatic nitrogens is 4. The second-order valence-corrected chi connectivity index (χ2v) is 7.36. The summed E-state index contributed by atoms with van der Waals surface area (Å²) >= 11 is 0.975. The van der Waals surface area contributed by atoms with E-state index in [1.54, 1.807) is 18.2 Å². The summed E-state index contributed by atoms with van der Waals surface area (Å²) in [5, 5.41) is 26.0. The average molecular weight is 412 g/mol. The minimum Gasteiger partial charge on any atom is -0.478 e. The Balaban J connectivity index is 2.00. The summed E-state index contributed by atoms with van der Waals surface area (Å²) in [4.78, 5) is 27.4. The van der Waals surface area contributed by atoms with E-state index in [4.69, 9.17) is 0 Å². The number of aliphatic carboxylic acids is 1. The Morgan fingerprint density at radius 3 is 2.62 bits per heavy atom. The lowest BCUT2D eigenvalue weighted by Crippen LogP contribution is -2.03. The van der Waals surface area contributed by atoms with Crippen molar-refractivity contribution in [2.75, 3.05) is 0 Å². The number of rotatable bonds is 7. The van der Waals surface area contributed by atoms with Crippen LogP contribution in [0.3, 0.4) is 0 Å². The molecule has 3 N–H and O–H groups in total. The predicted octanol–water partition coefficient (Wildman–Crippen LogP) is 3.69. The van der Waals surface area contributed by atoms with Crippen molar-refractivity contribution in [2.45, 2.75) is 32.3 Å². The molecule has 1 aromatic carbocycles. The number of thioether (sulfide) groups is 1. The van der Waals surface area contributed by atoms with Crippen molar-refractivity contribution in [3.05, 3.63) is 63.6 Å². The second-order valence-electron chi connectivity index (χ2n) is 6.35. The Hall–Kier alpha value is -3.33. The molecule has 0 bridgehead atoms. The van der Waals surface area contributed by atoms with Gasteiger partial charge in [-0.1, -0.05) is 13.0 Å². The summed E-state index contributed by atoms with van der Waals surface area (Å²) in [6.07, 6.45) is 2.26. The maximum absolute atomic E-state index is 11.8. The Morgan fingerprint density at radius 1 is 1.24 bits per heavy atom. The van der Waals surface area contributed by atoms with Gasteiger partial charge in [0.2, 0.25) is 5.16 Å². The van der Waals surface area contributed by atoms with Gasteiger partial charge in [0.25, 0.3) is 0 Å². The van der Waals surface area contributed by atoms with Crippen molar-refractivity contribution in [3.63, 3.8) is 0 Å². The molecule has 0 unspecified atom stereocenters. The molecular weight excluding hydrogens is 392 g/mol. The van der Waals surface area contributed by atoms with Gasteiger partial charge in [-0.05, 0) is 61.5 Å². The number of nitrogens with zero attached hydrogens (tertiary/aromatic N) is 3. The van der Waals surface area contributed by atoms with E-state index in [1.165, 1.54) is 6.07 Å². The Morgan fingerprint density at radius 2 is 2.00 bits per heavy atom. The fourth-order valence-corrected chi connectivity index (χ4v) is 3.68. The van der Waals surface area contributed by atoms with Gasteiger partial charge in [-0.25, -0.2) is 14.6 Å². The van der Waals surface area contributed by atoms with E-state index in [1.807, 2.05) is 37.5 Å². The first-order chi connectivity index (χ1) is 13.8. The van der Waals surface area contributed by atoms with Gasteiger partial charge in [0.1, 0.15) is 10.7 Å². The molecule has 0 saturated heterocycles. The Labute approximate surface area is 171 Å². The van der Waals surface area contributed by atoms with E-state index < -0.39 is 11.9 Å². The highest BCUT2D eigenvalue weighted by molar-refractivity contribution is 8.04. The summed E-state index contributed by atoms with van der Waals surface area (Å²) in [5.41, 5.74) is 3.26. The van der Waals surface area contributed by atoms with Crippen LogP contribution in [0.15, 0.2) is 40.4 Å². The van der Waals surface area contributed by atoms with Gasteiger partial charge in [-0.2, -0.15) is 0 Å². The number of carbonyl (C=O) groups is 2. The fraction of sp³-hybridized carbons (Fsp3) is 0.200. The minimum atomic E-state index is -1.07. The molecule has 0 fully saturated rings. The molecule has 8 nitrogen and oxygen atoms in total. The number of hydrogen-bond donors (Lipinski definition) is 3. The SMILES string of the molecule is CCc1nc(S/C(=C\c2cc(C)n(-c3cccc(C(=O)O)c3)c2C)C(=O)O)n[nH]1. The first-order valence-electron chi connectivity index (χ1n) is 8.87. The van der Waals surface area contributed by atoms with Crippen molar-refractivity contribution in [1.29, 1.82) is 0 Å². The highest BCUT2D eigenvalue weighted by Gasteiger charge is 2.17. The molecule has 29 heavy (non-hydrogen) atoms. The lowest BCUT2D eigenvalue weighted by Gasteiger charge is -2.10. The number of nitrogens with one attached hydrogen (secondary N) is 1. The number of carboxylic acids is 2. The van der Waals surface area contributed by atoms with Crippen LogP contribution in [0.25, 0.3) is 11.8 Å². The van der Waals surface area contributed by atoms with Gasteiger partial charge in [0.15, 0.2) is 0 Å². The number of H-pyrrole nitrogens is 1. The molecule has 9 heteroatoms. The van der Waals surface area contributed by atoms with Crippen molar-refractivity contribution < 1.29 is 19.8 Å². The molecule has 150 valence electrons. The maximum atomic E-state index is 11.8. The molecule has 0 amide bonds. The Kier molecular flexibility index (Phi) is 5.88. The molecule has 3 rings (SSSR count). The summed E-state index contributed by atoms with van der Waals surface area (Å²) in [7, 11) is 0. The van der Waals surface area contributed by atoms with Gasteiger partial charge in [0.05, 0.1) is 5.56 Å².